The largest absolute Gasteiger partial charge is 0.368 e. The molecule has 3 N–H and O–H groups in total. The Morgan fingerprint density at radius 1 is 1.41 bits per heavy atom. The summed E-state index contributed by atoms with van der Waals surface area (Å²) in [6.07, 6.45) is 0.0254. The predicted octanol–water partition coefficient (Wildman–Crippen LogP) is -0.855. The summed E-state index contributed by atoms with van der Waals surface area (Å²) >= 11 is 0. The number of hydrogen-bond acceptors (Lipinski definition) is 5. The van der Waals surface area contributed by atoms with Crippen LogP contribution in [0.25, 0.3) is 0 Å². The molecule has 0 saturated carbocycles. The van der Waals surface area contributed by atoms with E-state index in [2.05, 4.69) is 10.2 Å². The molecule has 1 atom stereocenters. The lowest BCUT2D eigenvalue weighted by molar-refractivity contribution is -0.149. The maximum Gasteiger partial charge on any atom is 0.237 e. The van der Waals surface area contributed by atoms with E-state index in [-0.39, 0.29) is 5.91 Å². The molecule has 0 aliphatic carbocycles. The van der Waals surface area contributed by atoms with Crippen molar-refractivity contribution in [3.63, 3.8) is 0 Å². The molecule has 1 heterocycles. The first-order valence-corrected chi connectivity index (χ1v) is 5.86. The Balaban J connectivity index is 2.76. The summed E-state index contributed by atoms with van der Waals surface area (Å²) in [5.74, 6) is -0.335. The van der Waals surface area contributed by atoms with Gasteiger partial charge in [-0.3, -0.25) is 9.69 Å². The van der Waals surface area contributed by atoms with Crippen molar-refractivity contribution >= 4 is 5.91 Å². The number of rotatable bonds is 6. The number of hydrogen-bond donors (Lipinski definition) is 2. The van der Waals surface area contributed by atoms with Crippen LogP contribution in [0, 0.1) is 0 Å². The summed E-state index contributed by atoms with van der Waals surface area (Å²) in [6.45, 7) is 5.20. The normalized spacial score (nSPS) is 21.4. The predicted molar refractivity (Wildman–Crippen MR) is 64.5 cm³/mol. The van der Waals surface area contributed by atoms with E-state index in [9.17, 15) is 4.79 Å². The average molecular weight is 245 g/mol. The highest BCUT2D eigenvalue weighted by molar-refractivity contribution is 5.84. The van der Waals surface area contributed by atoms with E-state index in [4.69, 9.17) is 15.2 Å². The summed E-state index contributed by atoms with van der Waals surface area (Å²) in [4.78, 5) is 13.8. The third-order valence-corrected chi connectivity index (χ3v) is 3.44. The quantitative estimate of drug-likeness (QED) is 0.596. The third kappa shape index (κ3) is 3.38. The zero-order valence-corrected chi connectivity index (χ0v) is 10.9. The number of methoxy groups -OCH3 is 2. The Morgan fingerprint density at radius 2 is 1.94 bits per heavy atom. The summed E-state index contributed by atoms with van der Waals surface area (Å²) in [5, 5.41) is 3.25. The molecule has 1 rings (SSSR count). The number of nitrogens with one attached hydrogen (secondary N) is 1. The molecule has 1 unspecified atom stereocenters. The lowest BCUT2D eigenvalue weighted by Crippen LogP contribution is -2.61. The highest BCUT2D eigenvalue weighted by Crippen LogP contribution is 2.23. The van der Waals surface area contributed by atoms with Gasteiger partial charge in [0.15, 0.2) is 6.29 Å². The van der Waals surface area contributed by atoms with Crippen molar-refractivity contribution in [3.8, 4) is 0 Å². The molecule has 1 saturated heterocycles. The zero-order chi connectivity index (χ0) is 12.9. The Hall–Kier alpha value is -0.690. The standard InChI is InChI=1S/C11H23N3O3/c1-11(10(12)15,8-9(16-2)17-3)14-6-4-13-5-7-14/h9,13H,4-8H2,1-3H3,(H2,12,15). The maximum absolute atomic E-state index is 11.7. The maximum atomic E-state index is 11.7. The molecule has 1 aliphatic heterocycles. The van der Waals surface area contributed by atoms with Crippen LogP contribution in [0.5, 0.6) is 0 Å². The number of primary amides is 1. The van der Waals surface area contributed by atoms with Crippen LogP contribution in [0.1, 0.15) is 13.3 Å². The number of piperazine rings is 1. The highest BCUT2D eigenvalue weighted by atomic mass is 16.7. The van der Waals surface area contributed by atoms with Crippen LogP contribution in [0.3, 0.4) is 0 Å². The monoisotopic (exact) mass is 245 g/mol. The Labute approximate surface area is 102 Å². The van der Waals surface area contributed by atoms with Gasteiger partial charge in [0.25, 0.3) is 0 Å². The number of nitrogens with two attached hydrogens (primary N) is 1. The number of ether oxygens (including phenoxy) is 2. The SMILES string of the molecule is COC(CC(C)(C(N)=O)N1CCNCC1)OC. The van der Waals surface area contributed by atoms with Crippen molar-refractivity contribution < 1.29 is 14.3 Å². The lowest BCUT2D eigenvalue weighted by atomic mass is 9.93. The fraction of sp³-hybridized carbons (Fsp3) is 0.909. The molecule has 0 aromatic rings. The van der Waals surface area contributed by atoms with Crippen LogP contribution >= 0.6 is 0 Å². The first kappa shape index (κ1) is 14.4. The van der Waals surface area contributed by atoms with E-state index >= 15 is 0 Å². The van der Waals surface area contributed by atoms with Gasteiger partial charge in [-0.1, -0.05) is 0 Å². The van der Waals surface area contributed by atoms with Crippen molar-refractivity contribution in [2.75, 3.05) is 40.4 Å². The second kappa shape index (κ2) is 6.30. The minimum Gasteiger partial charge on any atom is -0.368 e. The Kier molecular flexibility index (Phi) is 5.32. The molecule has 0 aromatic carbocycles. The van der Waals surface area contributed by atoms with E-state index in [0.717, 1.165) is 26.2 Å². The van der Waals surface area contributed by atoms with Gasteiger partial charge in [-0.05, 0) is 6.92 Å². The van der Waals surface area contributed by atoms with Gasteiger partial charge in [0, 0.05) is 46.8 Å². The van der Waals surface area contributed by atoms with Crippen LogP contribution in [0.2, 0.25) is 0 Å². The highest BCUT2D eigenvalue weighted by Gasteiger charge is 2.40. The van der Waals surface area contributed by atoms with Crippen molar-refractivity contribution in [3.05, 3.63) is 0 Å². The molecule has 6 nitrogen and oxygen atoms in total. The summed E-state index contributed by atoms with van der Waals surface area (Å²) < 4.78 is 10.3. The van der Waals surface area contributed by atoms with Gasteiger partial charge in [0.1, 0.15) is 5.54 Å². The molecule has 0 aromatic heterocycles. The van der Waals surface area contributed by atoms with E-state index in [1.165, 1.54) is 0 Å². The van der Waals surface area contributed by atoms with Gasteiger partial charge in [0.2, 0.25) is 5.91 Å². The Morgan fingerprint density at radius 3 is 2.35 bits per heavy atom. The fourth-order valence-corrected chi connectivity index (χ4v) is 2.13. The van der Waals surface area contributed by atoms with Gasteiger partial charge in [0.05, 0.1) is 0 Å². The number of amides is 1. The van der Waals surface area contributed by atoms with Gasteiger partial charge in [-0.15, -0.1) is 0 Å². The van der Waals surface area contributed by atoms with Crippen molar-refractivity contribution in [1.29, 1.82) is 0 Å². The second-order valence-electron chi connectivity index (χ2n) is 4.48. The van der Waals surface area contributed by atoms with Gasteiger partial charge in [-0.25, -0.2) is 0 Å². The van der Waals surface area contributed by atoms with Gasteiger partial charge in [-0.2, -0.15) is 0 Å². The van der Waals surface area contributed by atoms with Crippen LogP contribution in [0.4, 0.5) is 0 Å². The molecular weight excluding hydrogens is 222 g/mol. The molecule has 1 aliphatic rings. The fourth-order valence-electron chi connectivity index (χ4n) is 2.13. The molecule has 0 radical (unpaired) electrons. The second-order valence-corrected chi connectivity index (χ2v) is 4.48. The number of carbonyl (C=O) groups is 1. The van der Waals surface area contributed by atoms with Gasteiger partial charge < -0.3 is 20.5 Å². The van der Waals surface area contributed by atoms with E-state index in [1.807, 2.05) is 6.92 Å². The zero-order valence-electron chi connectivity index (χ0n) is 10.9. The molecule has 0 bridgehead atoms. The number of carbonyl (C=O) groups excluding carboxylic acids is 1. The van der Waals surface area contributed by atoms with E-state index < -0.39 is 11.8 Å². The van der Waals surface area contributed by atoms with Crippen molar-refractivity contribution in [2.45, 2.75) is 25.2 Å². The van der Waals surface area contributed by atoms with E-state index in [0.29, 0.717) is 6.42 Å². The molecule has 17 heavy (non-hydrogen) atoms. The third-order valence-electron chi connectivity index (χ3n) is 3.44. The minimum absolute atomic E-state index is 0.335. The first-order valence-electron chi connectivity index (χ1n) is 5.86. The van der Waals surface area contributed by atoms with Crippen LogP contribution in [0.15, 0.2) is 0 Å². The van der Waals surface area contributed by atoms with Crippen molar-refractivity contribution in [1.82, 2.24) is 10.2 Å². The summed E-state index contributed by atoms with van der Waals surface area (Å²) in [5.41, 5.74) is 4.82. The first-order chi connectivity index (χ1) is 8.04. The molecular formula is C11H23N3O3. The summed E-state index contributed by atoms with van der Waals surface area (Å²) in [6, 6.07) is 0. The smallest absolute Gasteiger partial charge is 0.237 e. The molecule has 100 valence electrons. The molecule has 1 fully saturated rings. The van der Waals surface area contributed by atoms with Gasteiger partial charge >= 0.3 is 0 Å². The average Bonchev–Trinajstić information content (AvgIpc) is 2.36. The van der Waals surface area contributed by atoms with E-state index in [1.54, 1.807) is 14.2 Å². The van der Waals surface area contributed by atoms with Crippen LogP contribution < -0.4 is 11.1 Å². The van der Waals surface area contributed by atoms with Crippen molar-refractivity contribution in [2.24, 2.45) is 5.73 Å². The lowest BCUT2D eigenvalue weighted by Gasteiger charge is -2.42. The Bertz CT molecular complexity index is 252. The molecule has 1 amide bonds. The molecule has 0 spiro atoms. The topological polar surface area (TPSA) is 76.8 Å². The summed E-state index contributed by atoms with van der Waals surface area (Å²) in [7, 11) is 3.13. The van der Waals surface area contributed by atoms with Crippen LogP contribution in [-0.2, 0) is 14.3 Å². The van der Waals surface area contributed by atoms with Crippen LogP contribution in [-0.4, -0.2) is 63.0 Å². The number of nitrogens with zero attached hydrogens (tertiary/aromatic N) is 1. The molecule has 6 heteroatoms. The minimum atomic E-state index is -0.723.